The second-order valence-electron chi connectivity index (χ2n) is 7.01. The molecule has 130 valence electrons. The van der Waals surface area contributed by atoms with Crippen molar-refractivity contribution in [3.05, 3.63) is 24.3 Å². The van der Waals surface area contributed by atoms with Gasteiger partial charge in [0.25, 0.3) is 0 Å². The van der Waals surface area contributed by atoms with Crippen LogP contribution >= 0.6 is 0 Å². The summed E-state index contributed by atoms with van der Waals surface area (Å²) in [6, 6.07) is 8.33. The van der Waals surface area contributed by atoms with E-state index >= 15 is 0 Å². The normalized spacial score (nSPS) is 23.4. The van der Waals surface area contributed by atoms with Gasteiger partial charge < -0.3 is 9.80 Å². The van der Waals surface area contributed by atoms with E-state index in [-0.39, 0.29) is 0 Å². The van der Waals surface area contributed by atoms with Gasteiger partial charge in [0.15, 0.2) is 0 Å². The molecular weight excluding hydrogens is 296 g/mol. The zero-order valence-corrected chi connectivity index (χ0v) is 15.2. The van der Waals surface area contributed by atoms with Crippen molar-refractivity contribution < 1.29 is 0 Å². The van der Waals surface area contributed by atoms with Crippen molar-refractivity contribution in [1.82, 2.24) is 9.80 Å². The predicted molar refractivity (Wildman–Crippen MR) is 103 cm³/mol. The summed E-state index contributed by atoms with van der Waals surface area (Å²) >= 11 is 0. The molecule has 0 bridgehead atoms. The standard InChI is InChI=1S/C20H30N4/c1-23-15-9-3-5-13-19(23)21-17-11-7-8-12-18(17)22-20-14-6-4-10-16-24(20)2/h7-8,11-12H,3-6,9-10,13-16H2,1-2H3. The number of benzene rings is 1. The van der Waals surface area contributed by atoms with Crippen LogP contribution in [-0.2, 0) is 0 Å². The summed E-state index contributed by atoms with van der Waals surface area (Å²) in [5.74, 6) is 2.41. The lowest BCUT2D eigenvalue weighted by Crippen LogP contribution is -2.26. The van der Waals surface area contributed by atoms with Crippen LogP contribution in [0, 0.1) is 0 Å². The van der Waals surface area contributed by atoms with Crippen molar-refractivity contribution in [2.45, 2.75) is 51.4 Å². The molecule has 0 aromatic heterocycles. The molecule has 4 heteroatoms. The number of likely N-dealkylation sites (tertiary alicyclic amines) is 2. The van der Waals surface area contributed by atoms with E-state index in [0.717, 1.165) is 37.3 Å². The van der Waals surface area contributed by atoms with Crippen molar-refractivity contribution in [2.24, 2.45) is 9.98 Å². The van der Waals surface area contributed by atoms with Crippen LogP contribution in [0.5, 0.6) is 0 Å². The average molecular weight is 326 g/mol. The SMILES string of the molecule is CN1CCCCCC1=Nc1ccccc1N=C1CCCCCN1C. The molecule has 2 aliphatic heterocycles. The molecule has 2 fully saturated rings. The Morgan fingerprint density at radius 1 is 0.667 bits per heavy atom. The van der Waals surface area contributed by atoms with Crippen molar-refractivity contribution in [2.75, 3.05) is 27.2 Å². The molecule has 0 aliphatic carbocycles. The average Bonchev–Trinajstić information content (AvgIpc) is 2.91. The maximum absolute atomic E-state index is 4.99. The van der Waals surface area contributed by atoms with Gasteiger partial charge in [-0.3, -0.25) is 0 Å². The quantitative estimate of drug-likeness (QED) is 0.784. The first kappa shape index (κ1) is 17.0. The fourth-order valence-electron chi connectivity index (χ4n) is 3.47. The first-order valence-electron chi connectivity index (χ1n) is 9.40. The van der Waals surface area contributed by atoms with Crippen LogP contribution in [0.25, 0.3) is 0 Å². The maximum atomic E-state index is 4.99. The van der Waals surface area contributed by atoms with Gasteiger partial charge >= 0.3 is 0 Å². The van der Waals surface area contributed by atoms with Crippen LogP contribution in [0.2, 0.25) is 0 Å². The smallest absolute Gasteiger partial charge is 0.105 e. The third kappa shape index (κ3) is 4.37. The Labute approximate surface area is 146 Å². The third-order valence-electron chi connectivity index (χ3n) is 5.05. The molecule has 2 saturated heterocycles. The van der Waals surface area contributed by atoms with Crippen LogP contribution < -0.4 is 0 Å². The molecule has 4 nitrogen and oxygen atoms in total. The van der Waals surface area contributed by atoms with Crippen LogP contribution in [0.15, 0.2) is 34.3 Å². The van der Waals surface area contributed by atoms with Crippen molar-refractivity contribution in [3.63, 3.8) is 0 Å². The van der Waals surface area contributed by atoms with Crippen molar-refractivity contribution >= 4 is 23.0 Å². The van der Waals surface area contributed by atoms with Gasteiger partial charge in [0.05, 0.1) is 11.4 Å². The number of amidine groups is 2. The number of nitrogens with zero attached hydrogens (tertiary/aromatic N) is 4. The van der Waals surface area contributed by atoms with Gasteiger partial charge in [0.2, 0.25) is 0 Å². The van der Waals surface area contributed by atoms with E-state index in [1.165, 1.54) is 50.2 Å². The van der Waals surface area contributed by atoms with E-state index in [9.17, 15) is 0 Å². The highest BCUT2D eigenvalue weighted by Crippen LogP contribution is 2.30. The van der Waals surface area contributed by atoms with Gasteiger partial charge in [-0.15, -0.1) is 0 Å². The summed E-state index contributed by atoms with van der Waals surface area (Å²) in [7, 11) is 4.33. The zero-order valence-electron chi connectivity index (χ0n) is 15.2. The zero-order chi connectivity index (χ0) is 16.8. The molecule has 0 atom stereocenters. The molecule has 0 radical (unpaired) electrons. The molecular formula is C20H30N4. The lowest BCUT2D eigenvalue weighted by atomic mass is 10.2. The molecule has 1 aromatic carbocycles. The van der Waals surface area contributed by atoms with Gasteiger partial charge in [-0.05, 0) is 37.8 Å². The molecule has 2 aliphatic rings. The Morgan fingerprint density at radius 2 is 1.12 bits per heavy atom. The maximum Gasteiger partial charge on any atom is 0.105 e. The monoisotopic (exact) mass is 326 g/mol. The topological polar surface area (TPSA) is 31.2 Å². The van der Waals surface area contributed by atoms with Gasteiger partial charge in [-0.25, -0.2) is 9.98 Å². The second-order valence-corrected chi connectivity index (χ2v) is 7.01. The first-order chi connectivity index (χ1) is 11.7. The Balaban J connectivity index is 1.90. The number of hydrogen-bond donors (Lipinski definition) is 0. The lowest BCUT2D eigenvalue weighted by molar-refractivity contribution is 0.494. The molecule has 3 rings (SSSR count). The first-order valence-corrected chi connectivity index (χ1v) is 9.40. The summed E-state index contributed by atoms with van der Waals surface area (Å²) < 4.78 is 0. The summed E-state index contributed by atoms with van der Waals surface area (Å²) in [6.45, 7) is 2.22. The Kier molecular flexibility index (Phi) is 5.89. The summed E-state index contributed by atoms with van der Waals surface area (Å²) in [4.78, 5) is 14.6. The molecule has 1 aromatic rings. The number of rotatable bonds is 2. The Bertz CT molecular complexity index is 552. The fourth-order valence-corrected chi connectivity index (χ4v) is 3.47. The van der Waals surface area contributed by atoms with Crippen molar-refractivity contribution in [1.29, 1.82) is 0 Å². The summed E-state index contributed by atoms with van der Waals surface area (Å²) in [6.07, 6.45) is 9.76. The highest BCUT2D eigenvalue weighted by molar-refractivity contribution is 5.89. The Hall–Kier alpha value is -1.84. The molecule has 0 N–H and O–H groups in total. The second kappa shape index (κ2) is 8.32. The van der Waals surface area contributed by atoms with E-state index in [0.29, 0.717) is 0 Å². The van der Waals surface area contributed by atoms with Crippen molar-refractivity contribution in [3.8, 4) is 0 Å². The lowest BCUT2D eigenvalue weighted by Gasteiger charge is -2.20. The minimum atomic E-state index is 1.01. The number of hydrogen-bond acceptors (Lipinski definition) is 2. The van der Waals surface area contributed by atoms with E-state index in [1.807, 2.05) is 0 Å². The molecule has 0 amide bonds. The molecule has 2 heterocycles. The van der Waals surface area contributed by atoms with Crippen LogP contribution in [0.4, 0.5) is 11.4 Å². The molecule has 24 heavy (non-hydrogen) atoms. The fraction of sp³-hybridized carbons (Fsp3) is 0.600. The van der Waals surface area contributed by atoms with Gasteiger partial charge in [-0.1, -0.05) is 25.0 Å². The summed E-state index contributed by atoms with van der Waals surface area (Å²) in [5.41, 5.74) is 2.01. The van der Waals surface area contributed by atoms with Gasteiger partial charge in [0, 0.05) is 40.0 Å². The highest BCUT2D eigenvalue weighted by Gasteiger charge is 2.14. The van der Waals surface area contributed by atoms with Gasteiger partial charge in [-0.2, -0.15) is 0 Å². The highest BCUT2D eigenvalue weighted by atomic mass is 15.2. The predicted octanol–water partition coefficient (Wildman–Crippen LogP) is 4.76. The molecule has 0 unspecified atom stereocenters. The number of para-hydroxylation sites is 2. The molecule has 0 spiro atoms. The van der Waals surface area contributed by atoms with E-state index in [4.69, 9.17) is 9.98 Å². The van der Waals surface area contributed by atoms with Gasteiger partial charge in [0.1, 0.15) is 11.7 Å². The molecule has 0 saturated carbocycles. The van der Waals surface area contributed by atoms with E-state index in [1.54, 1.807) is 0 Å². The van der Waals surface area contributed by atoms with Crippen LogP contribution in [0.3, 0.4) is 0 Å². The third-order valence-corrected chi connectivity index (χ3v) is 5.05. The largest absolute Gasteiger partial charge is 0.363 e. The minimum absolute atomic E-state index is 1.01. The van der Waals surface area contributed by atoms with E-state index in [2.05, 4.69) is 48.2 Å². The number of aliphatic imine (C=N–C) groups is 2. The van der Waals surface area contributed by atoms with Crippen LogP contribution in [0.1, 0.15) is 51.4 Å². The Morgan fingerprint density at radius 3 is 1.58 bits per heavy atom. The van der Waals surface area contributed by atoms with Crippen LogP contribution in [-0.4, -0.2) is 48.7 Å². The van der Waals surface area contributed by atoms with E-state index < -0.39 is 0 Å². The summed E-state index contributed by atoms with van der Waals surface area (Å²) in [5, 5.41) is 0. The minimum Gasteiger partial charge on any atom is -0.363 e.